The number of hydrogen-bond donors (Lipinski definition) is 2. The van der Waals surface area contributed by atoms with Crippen molar-refractivity contribution in [3.05, 3.63) is 29.8 Å². The number of anilines is 1. The minimum absolute atomic E-state index is 0.426. The standard InChI is InChI=1S/C17H24N2/c18-15-7-5-14(6-8-15)17(9-10-17)11-19-16(12-1-2-12)13-3-4-13/h5-8,12-13,16,19H,1-4,9-11,18H2. The van der Waals surface area contributed by atoms with Gasteiger partial charge >= 0.3 is 0 Å². The monoisotopic (exact) mass is 256 g/mol. The average Bonchev–Trinajstić information content (AvgIpc) is 3.27. The molecule has 2 nitrogen and oxygen atoms in total. The molecule has 3 N–H and O–H groups in total. The van der Waals surface area contributed by atoms with Crippen LogP contribution in [-0.2, 0) is 5.41 Å². The molecule has 0 aliphatic heterocycles. The molecule has 3 aliphatic rings. The zero-order valence-electron chi connectivity index (χ0n) is 11.6. The number of nitrogens with one attached hydrogen (secondary N) is 1. The molecule has 0 bridgehead atoms. The second kappa shape index (κ2) is 4.24. The molecule has 0 saturated heterocycles. The van der Waals surface area contributed by atoms with Crippen molar-refractivity contribution in [1.29, 1.82) is 0 Å². The molecule has 0 unspecified atom stereocenters. The maximum Gasteiger partial charge on any atom is 0.0314 e. The summed E-state index contributed by atoms with van der Waals surface area (Å²) in [5.74, 6) is 1.99. The lowest BCUT2D eigenvalue weighted by Gasteiger charge is -2.23. The Balaban J connectivity index is 1.42. The molecule has 0 aromatic heterocycles. The fourth-order valence-electron chi connectivity index (χ4n) is 3.50. The Morgan fingerprint density at radius 1 is 1.05 bits per heavy atom. The van der Waals surface area contributed by atoms with Crippen molar-refractivity contribution in [3.63, 3.8) is 0 Å². The van der Waals surface area contributed by atoms with Gasteiger partial charge in [-0.15, -0.1) is 0 Å². The van der Waals surface area contributed by atoms with E-state index >= 15 is 0 Å². The van der Waals surface area contributed by atoms with Crippen LogP contribution in [0.15, 0.2) is 24.3 Å². The summed E-state index contributed by atoms with van der Waals surface area (Å²) < 4.78 is 0. The summed E-state index contributed by atoms with van der Waals surface area (Å²) in [5.41, 5.74) is 8.58. The molecule has 0 amide bonds. The van der Waals surface area contributed by atoms with Crippen LogP contribution in [0.1, 0.15) is 44.1 Å². The third-order valence-corrected chi connectivity index (χ3v) is 5.31. The lowest BCUT2D eigenvalue weighted by atomic mass is 9.94. The van der Waals surface area contributed by atoms with Gasteiger partial charge in [-0.1, -0.05) is 12.1 Å². The van der Waals surface area contributed by atoms with Gasteiger partial charge in [-0.05, 0) is 68.1 Å². The molecule has 3 aliphatic carbocycles. The van der Waals surface area contributed by atoms with Gasteiger partial charge in [-0.3, -0.25) is 0 Å². The van der Waals surface area contributed by atoms with Gasteiger partial charge in [-0.2, -0.15) is 0 Å². The highest BCUT2D eigenvalue weighted by molar-refractivity contribution is 5.43. The molecule has 0 radical (unpaired) electrons. The van der Waals surface area contributed by atoms with Crippen molar-refractivity contribution in [1.82, 2.24) is 5.32 Å². The zero-order chi connectivity index (χ0) is 12.9. The maximum atomic E-state index is 5.79. The molecule has 4 rings (SSSR count). The summed E-state index contributed by atoms with van der Waals surface area (Å²) in [7, 11) is 0. The summed E-state index contributed by atoms with van der Waals surface area (Å²) in [6.07, 6.45) is 8.52. The van der Waals surface area contributed by atoms with Gasteiger partial charge in [0.05, 0.1) is 0 Å². The van der Waals surface area contributed by atoms with Crippen LogP contribution in [-0.4, -0.2) is 12.6 Å². The summed E-state index contributed by atoms with van der Waals surface area (Å²) in [4.78, 5) is 0. The Bertz CT molecular complexity index is 441. The first kappa shape index (κ1) is 11.8. The van der Waals surface area contributed by atoms with Gasteiger partial charge in [-0.25, -0.2) is 0 Å². The first-order valence-electron chi connectivity index (χ1n) is 7.86. The summed E-state index contributed by atoms with van der Waals surface area (Å²) in [5, 5.41) is 3.93. The molecule has 19 heavy (non-hydrogen) atoms. The van der Waals surface area contributed by atoms with E-state index in [1.807, 2.05) is 0 Å². The fraction of sp³-hybridized carbons (Fsp3) is 0.647. The Kier molecular flexibility index (Phi) is 2.63. The Hall–Kier alpha value is -1.02. The van der Waals surface area contributed by atoms with Gasteiger partial charge < -0.3 is 11.1 Å². The molecule has 1 aromatic rings. The minimum atomic E-state index is 0.426. The highest BCUT2D eigenvalue weighted by Gasteiger charge is 2.47. The normalized spacial score (nSPS) is 24.7. The van der Waals surface area contributed by atoms with Crippen molar-refractivity contribution in [2.45, 2.75) is 50.0 Å². The summed E-state index contributed by atoms with van der Waals surface area (Å²) in [6.45, 7) is 1.18. The lowest BCUT2D eigenvalue weighted by Crippen LogP contribution is -2.38. The third-order valence-electron chi connectivity index (χ3n) is 5.31. The van der Waals surface area contributed by atoms with Gasteiger partial charge in [0.25, 0.3) is 0 Å². The van der Waals surface area contributed by atoms with Crippen LogP contribution in [0.3, 0.4) is 0 Å². The Morgan fingerprint density at radius 3 is 2.11 bits per heavy atom. The predicted molar refractivity (Wildman–Crippen MR) is 79.0 cm³/mol. The fourth-order valence-corrected chi connectivity index (χ4v) is 3.50. The van der Waals surface area contributed by atoms with Gasteiger partial charge in [0, 0.05) is 23.7 Å². The molecule has 0 atom stereocenters. The number of hydrogen-bond acceptors (Lipinski definition) is 2. The van der Waals surface area contributed by atoms with Crippen LogP contribution >= 0.6 is 0 Å². The highest BCUT2D eigenvalue weighted by Crippen LogP contribution is 2.49. The molecule has 3 fully saturated rings. The molecule has 0 spiro atoms. The van der Waals surface area contributed by atoms with E-state index in [1.54, 1.807) is 0 Å². The first-order valence-corrected chi connectivity index (χ1v) is 7.86. The van der Waals surface area contributed by atoms with Crippen molar-refractivity contribution in [3.8, 4) is 0 Å². The molecular formula is C17H24N2. The van der Waals surface area contributed by atoms with E-state index in [4.69, 9.17) is 5.73 Å². The van der Waals surface area contributed by atoms with Gasteiger partial charge in [0.15, 0.2) is 0 Å². The number of nitrogens with two attached hydrogens (primary N) is 1. The second-order valence-corrected chi connectivity index (χ2v) is 6.98. The van der Waals surface area contributed by atoms with E-state index in [9.17, 15) is 0 Å². The number of benzene rings is 1. The summed E-state index contributed by atoms with van der Waals surface area (Å²) in [6, 6.07) is 9.38. The van der Waals surface area contributed by atoms with Crippen LogP contribution < -0.4 is 11.1 Å². The Labute approximate surface area is 115 Å². The molecule has 2 heteroatoms. The van der Waals surface area contributed by atoms with Crippen molar-refractivity contribution >= 4 is 5.69 Å². The molecule has 0 heterocycles. The smallest absolute Gasteiger partial charge is 0.0314 e. The van der Waals surface area contributed by atoms with E-state index in [-0.39, 0.29) is 0 Å². The van der Waals surface area contributed by atoms with Gasteiger partial charge in [0.2, 0.25) is 0 Å². The average molecular weight is 256 g/mol. The second-order valence-electron chi connectivity index (χ2n) is 6.98. The highest BCUT2D eigenvalue weighted by atomic mass is 15.0. The van der Waals surface area contributed by atoms with E-state index < -0.39 is 0 Å². The topological polar surface area (TPSA) is 38.0 Å². The van der Waals surface area contributed by atoms with Crippen LogP contribution in [0.2, 0.25) is 0 Å². The van der Waals surface area contributed by atoms with E-state index in [2.05, 4.69) is 29.6 Å². The molecule has 102 valence electrons. The van der Waals surface area contributed by atoms with E-state index in [0.29, 0.717) is 5.41 Å². The molecular weight excluding hydrogens is 232 g/mol. The van der Waals surface area contributed by atoms with E-state index in [1.165, 1.54) is 50.6 Å². The van der Waals surface area contributed by atoms with Crippen molar-refractivity contribution < 1.29 is 0 Å². The summed E-state index contributed by atoms with van der Waals surface area (Å²) >= 11 is 0. The van der Waals surface area contributed by atoms with Crippen LogP contribution in [0, 0.1) is 11.8 Å². The quantitative estimate of drug-likeness (QED) is 0.768. The minimum Gasteiger partial charge on any atom is -0.399 e. The van der Waals surface area contributed by atoms with Gasteiger partial charge in [0.1, 0.15) is 0 Å². The predicted octanol–water partition coefficient (Wildman–Crippen LogP) is 3.08. The number of nitrogen functional groups attached to an aromatic ring is 1. The van der Waals surface area contributed by atoms with Crippen LogP contribution in [0.25, 0.3) is 0 Å². The molecule has 1 aromatic carbocycles. The lowest BCUT2D eigenvalue weighted by molar-refractivity contribution is 0.396. The third kappa shape index (κ3) is 2.38. The first-order chi connectivity index (χ1) is 9.27. The van der Waals surface area contributed by atoms with Crippen LogP contribution in [0.4, 0.5) is 5.69 Å². The van der Waals surface area contributed by atoms with Crippen molar-refractivity contribution in [2.75, 3.05) is 12.3 Å². The SMILES string of the molecule is Nc1ccc(C2(CNC(C3CC3)C3CC3)CC2)cc1. The zero-order valence-corrected chi connectivity index (χ0v) is 11.6. The Morgan fingerprint density at radius 2 is 1.63 bits per heavy atom. The van der Waals surface area contributed by atoms with Crippen LogP contribution in [0.5, 0.6) is 0 Å². The van der Waals surface area contributed by atoms with E-state index in [0.717, 1.165) is 23.6 Å². The van der Waals surface area contributed by atoms with Crippen molar-refractivity contribution in [2.24, 2.45) is 11.8 Å². The molecule has 3 saturated carbocycles. The number of rotatable bonds is 6. The maximum absolute atomic E-state index is 5.79. The largest absolute Gasteiger partial charge is 0.399 e.